The Bertz CT molecular complexity index is 2150. The predicted octanol–water partition coefficient (Wildman–Crippen LogP) is 5.01. The summed E-state index contributed by atoms with van der Waals surface area (Å²) in [4.78, 5) is 76.8. The van der Waals surface area contributed by atoms with E-state index in [1.54, 1.807) is 12.1 Å². The normalized spacial score (nSPS) is 24.1. The van der Waals surface area contributed by atoms with Crippen LogP contribution in [0.2, 0.25) is 5.02 Å². The fraction of sp³-hybridized carbons (Fsp3) is 0.512. The van der Waals surface area contributed by atoms with Gasteiger partial charge in [0.25, 0.3) is 11.8 Å². The van der Waals surface area contributed by atoms with Crippen molar-refractivity contribution < 1.29 is 19.2 Å². The molecule has 0 saturated carbocycles. The largest absolute Gasteiger partial charge is 0.371 e. The number of benzene rings is 2. The minimum atomic E-state index is -0.961. The molecule has 58 heavy (non-hydrogen) atoms. The van der Waals surface area contributed by atoms with Crippen LogP contribution in [0.25, 0.3) is 4.85 Å². The fourth-order valence-corrected chi connectivity index (χ4v) is 10.4. The molecule has 9 rings (SSSR count). The van der Waals surface area contributed by atoms with Crippen LogP contribution >= 0.6 is 11.6 Å². The number of carbonyl (C=O) groups is 4. The molecule has 1 unspecified atom stereocenters. The van der Waals surface area contributed by atoms with E-state index in [-0.39, 0.29) is 24.2 Å². The number of rotatable bonds is 7. The van der Waals surface area contributed by atoms with Crippen LogP contribution in [-0.2, 0) is 9.59 Å². The van der Waals surface area contributed by atoms with E-state index in [1.165, 1.54) is 0 Å². The van der Waals surface area contributed by atoms with Crippen molar-refractivity contribution >= 4 is 63.9 Å². The molecule has 3 aromatic rings. The molecule has 5 fully saturated rings. The van der Waals surface area contributed by atoms with Crippen LogP contribution in [0.3, 0.4) is 0 Å². The molecular weight excluding hydrogens is 756 g/mol. The average Bonchev–Trinajstić information content (AvgIpc) is 3.69. The molecule has 0 aliphatic carbocycles. The van der Waals surface area contributed by atoms with Crippen molar-refractivity contribution in [3.8, 4) is 0 Å². The maximum atomic E-state index is 13.3. The number of anilines is 4. The van der Waals surface area contributed by atoms with Gasteiger partial charge < -0.3 is 19.6 Å². The lowest BCUT2D eigenvalue weighted by atomic mass is 9.76. The number of nitrogens with one attached hydrogen (secondary N) is 1. The summed E-state index contributed by atoms with van der Waals surface area (Å²) in [5, 5.41) is 2.78. The van der Waals surface area contributed by atoms with E-state index in [2.05, 4.69) is 41.6 Å². The molecule has 302 valence electrons. The Morgan fingerprint density at radius 3 is 2.19 bits per heavy atom. The summed E-state index contributed by atoms with van der Waals surface area (Å²) in [7, 11) is 0. The van der Waals surface area contributed by atoms with Gasteiger partial charge in [0.1, 0.15) is 6.04 Å². The van der Waals surface area contributed by atoms with Gasteiger partial charge in [-0.3, -0.25) is 34.3 Å². The molecule has 7 heterocycles. The van der Waals surface area contributed by atoms with Gasteiger partial charge in [0.2, 0.25) is 23.5 Å². The third-order valence-corrected chi connectivity index (χ3v) is 13.8. The van der Waals surface area contributed by atoms with Gasteiger partial charge in [-0.25, -0.2) is 14.8 Å². The molecule has 0 bridgehead atoms. The number of fused-ring (bicyclic) bond motifs is 1. The topological polar surface area (TPSA) is 130 Å². The molecule has 15 heteroatoms. The van der Waals surface area contributed by atoms with Crippen LogP contribution in [-0.4, -0.2) is 121 Å². The molecular formula is C43H49ClN10O4. The first-order chi connectivity index (χ1) is 28.1. The van der Waals surface area contributed by atoms with Gasteiger partial charge >= 0.3 is 0 Å². The lowest BCUT2D eigenvalue weighted by Gasteiger charge is -2.40. The van der Waals surface area contributed by atoms with Crippen LogP contribution in [0.15, 0.2) is 48.8 Å². The molecule has 4 amide bonds. The third kappa shape index (κ3) is 7.23. The number of carbonyl (C=O) groups excluding carboxylic acids is 4. The van der Waals surface area contributed by atoms with Crippen LogP contribution in [0, 0.1) is 17.9 Å². The summed E-state index contributed by atoms with van der Waals surface area (Å²) in [6.45, 7) is 19.1. The van der Waals surface area contributed by atoms with Gasteiger partial charge in [0, 0.05) is 94.3 Å². The quantitative estimate of drug-likeness (QED) is 0.256. The van der Waals surface area contributed by atoms with E-state index < -0.39 is 23.8 Å². The first kappa shape index (κ1) is 38.3. The number of halogens is 1. The van der Waals surface area contributed by atoms with Crippen molar-refractivity contribution in [2.45, 2.75) is 64.0 Å². The highest BCUT2D eigenvalue weighted by Crippen LogP contribution is 2.46. The second-order valence-electron chi connectivity index (χ2n) is 17.1. The van der Waals surface area contributed by atoms with Crippen LogP contribution in [0.1, 0.15) is 72.6 Å². The second kappa shape index (κ2) is 15.5. The lowest BCUT2D eigenvalue weighted by Crippen LogP contribution is -2.54. The number of nitrogens with zero attached hydrogens (tertiary/aromatic N) is 9. The van der Waals surface area contributed by atoms with E-state index in [1.807, 2.05) is 36.7 Å². The molecule has 5 saturated heterocycles. The first-order valence-corrected chi connectivity index (χ1v) is 21.0. The zero-order chi connectivity index (χ0) is 40.1. The Balaban J connectivity index is 0.721. The van der Waals surface area contributed by atoms with Crippen molar-refractivity contribution in [1.29, 1.82) is 0 Å². The van der Waals surface area contributed by atoms with Crippen molar-refractivity contribution in [1.82, 2.24) is 25.1 Å². The Morgan fingerprint density at radius 2 is 1.50 bits per heavy atom. The monoisotopic (exact) mass is 804 g/mol. The van der Waals surface area contributed by atoms with Gasteiger partial charge in [0.05, 0.1) is 35.8 Å². The number of hydrogen-bond donors (Lipinski definition) is 1. The van der Waals surface area contributed by atoms with Crippen LogP contribution in [0.5, 0.6) is 0 Å². The molecule has 14 nitrogen and oxygen atoms in total. The van der Waals surface area contributed by atoms with Gasteiger partial charge in [-0.15, -0.1) is 0 Å². The number of hydrogen-bond acceptors (Lipinski definition) is 11. The highest BCUT2D eigenvalue weighted by Gasteiger charge is 2.46. The van der Waals surface area contributed by atoms with Crippen LogP contribution < -0.4 is 24.9 Å². The van der Waals surface area contributed by atoms with E-state index in [0.29, 0.717) is 33.8 Å². The lowest BCUT2D eigenvalue weighted by molar-refractivity contribution is -0.136. The standard InChI is InChI=1S/C43H49ClN10O4/c1-28-23-43(27-53(28)31-4-6-36(45-2)35(44)22-31)11-15-51(16-12-43)32-24-46-42(47-25-32)52-19-17-49(18-20-52)26-29-9-13-50(14-10-29)30-3-5-33-34(21-30)41(58)54(40(33)57)37-7-8-38(55)48-39(37)56/h3-6,21-22,24-25,28-29,37H,7-20,23,26-27H2,1H3,(H,48,55,56)/t28-,37?/m0/s1. The molecule has 6 aliphatic rings. The minimum Gasteiger partial charge on any atom is -0.371 e. The van der Waals surface area contributed by atoms with Gasteiger partial charge in [-0.05, 0) is 87.1 Å². The van der Waals surface area contributed by atoms with Gasteiger partial charge in [-0.2, -0.15) is 0 Å². The molecule has 6 aliphatic heterocycles. The van der Waals surface area contributed by atoms with Crippen LogP contribution in [0.4, 0.5) is 28.7 Å². The van der Waals surface area contributed by atoms with Crippen molar-refractivity contribution in [3.63, 3.8) is 0 Å². The summed E-state index contributed by atoms with van der Waals surface area (Å²) in [5.74, 6) is -0.553. The molecule has 1 N–H and O–H groups in total. The Hall–Kier alpha value is -5.26. The van der Waals surface area contributed by atoms with E-state index in [4.69, 9.17) is 28.1 Å². The molecule has 1 spiro atoms. The Morgan fingerprint density at radius 1 is 0.810 bits per heavy atom. The van der Waals surface area contributed by atoms with E-state index in [9.17, 15) is 19.2 Å². The minimum absolute atomic E-state index is 0.102. The maximum Gasteiger partial charge on any atom is 0.262 e. The smallest absolute Gasteiger partial charge is 0.262 e. The average molecular weight is 805 g/mol. The van der Waals surface area contributed by atoms with Crippen molar-refractivity contribution in [2.75, 3.05) is 85.0 Å². The first-order valence-electron chi connectivity index (χ1n) is 20.7. The van der Waals surface area contributed by atoms with E-state index in [0.717, 1.165) is 125 Å². The summed E-state index contributed by atoms with van der Waals surface area (Å²) in [6, 6.07) is 10.7. The Labute approximate surface area is 343 Å². The summed E-state index contributed by atoms with van der Waals surface area (Å²) >= 11 is 6.39. The number of amides is 4. The summed E-state index contributed by atoms with van der Waals surface area (Å²) in [5.41, 5.74) is 4.51. The molecule has 2 atom stereocenters. The molecule has 0 radical (unpaired) electrons. The second-order valence-corrected chi connectivity index (χ2v) is 17.5. The summed E-state index contributed by atoms with van der Waals surface area (Å²) in [6.07, 6.45) is 9.71. The van der Waals surface area contributed by atoms with Gasteiger partial charge in [0.15, 0.2) is 0 Å². The van der Waals surface area contributed by atoms with E-state index >= 15 is 0 Å². The Kier molecular flexibility index (Phi) is 10.2. The number of piperidine rings is 3. The molecule has 1 aromatic heterocycles. The molecule has 2 aromatic carbocycles. The highest BCUT2D eigenvalue weighted by atomic mass is 35.5. The maximum absolute atomic E-state index is 13.3. The van der Waals surface area contributed by atoms with Crippen molar-refractivity contribution in [2.24, 2.45) is 11.3 Å². The summed E-state index contributed by atoms with van der Waals surface area (Å²) < 4.78 is 0. The van der Waals surface area contributed by atoms with Gasteiger partial charge in [-0.1, -0.05) is 17.7 Å². The number of piperazine rings is 1. The van der Waals surface area contributed by atoms with Crippen molar-refractivity contribution in [3.05, 3.63) is 76.4 Å². The SMILES string of the molecule is [C-]#[N+]c1ccc(N2CC3(CCN(c4cnc(N5CCN(CC6CCN(c7ccc8c(c7)C(=O)N(C7CCC(=O)NC7=O)C8=O)CC6)CC5)nc4)CC3)C[C@@H]2C)cc1Cl. The number of aromatic nitrogens is 2. The fourth-order valence-electron chi connectivity index (χ4n) is 10.2. The zero-order valence-electron chi connectivity index (χ0n) is 32.9. The third-order valence-electron chi connectivity index (χ3n) is 13.5. The highest BCUT2D eigenvalue weighted by molar-refractivity contribution is 6.33. The number of imide groups is 2. The zero-order valence-corrected chi connectivity index (χ0v) is 33.7. The predicted molar refractivity (Wildman–Crippen MR) is 222 cm³/mol.